The molecule has 1 aliphatic carbocycles. The molecule has 0 saturated heterocycles. The number of benzene rings is 1. The molecule has 0 heterocycles. The Morgan fingerprint density at radius 2 is 2.00 bits per heavy atom. The van der Waals surface area contributed by atoms with Gasteiger partial charge in [-0.3, -0.25) is 4.79 Å². The number of methoxy groups -OCH3 is 1. The van der Waals surface area contributed by atoms with Crippen LogP contribution >= 0.6 is 0 Å². The first-order valence-electron chi connectivity index (χ1n) is 7.91. The first-order valence-corrected chi connectivity index (χ1v) is 9.46. The van der Waals surface area contributed by atoms with Crippen molar-refractivity contribution in [3.8, 4) is 0 Å². The van der Waals surface area contributed by atoms with Crippen LogP contribution in [-0.2, 0) is 26.0 Å². The highest BCUT2D eigenvalue weighted by atomic mass is 32.2. The first-order chi connectivity index (χ1) is 11.3. The number of rotatable bonds is 6. The maximum absolute atomic E-state index is 12.2. The van der Waals surface area contributed by atoms with Gasteiger partial charge in [-0.1, -0.05) is 12.1 Å². The van der Waals surface area contributed by atoms with E-state index in [0.717, 1.165) is 5.56 Å². The SMILES string of the molecule is CO[C@@H]1C[C@H](C(=O)NCCc2ccc(S(N)(=O)=O)cc2)CC[C@@H]1O. The molecule has 3 atom stereocenters. The van der Waals surface area contributed by atoms with Crippen LogP contribution in [0.3, 0.4) is 0 Å². The number of amides is 1. The zero-order chi connectivity index (χ0) is 17.7. The average Bonchev–Trinajstić information content (AvgIpc) is 2.55. The normalized spacial score (nSPS) is 24.5. The maximum Gasteiger partial charge on any atom is 0.238 e. The minimum absolute atomic E-state index is 0.0369. The van der Waals surface area contributed by atoms with Gasteiger partial charge in [-0.05, 0) is 43.4 Å². The fourth-order valence-corrected chi connectivity index (χ4v) is 3.44. The van der Waals surface area contributed by atoms with Gasteiger partial charge in [0, 0.05) is 19.6 Å². The van der Waals surface area contributed by atoms with Gasteiger partial charge in [0.15, 0.2) is 0 Å². The molecule has 0 unspecified atom stereocenters. The Labute approximate surface area is 142 Å². The Bertz CT molecular complexity index is 660. The van der Waals surface area contributed by atoms with Gasteiger partial charge in [-0.25, -0.2) is 13.6 Å². The number of hydrogen-bond acceptors (Lipinski definition) is 5. The molecule has 2 rings (SSSR count). The zero-order valence-corrected chi connectivity index (χ0v) is 14.5. The number of primary sulfonamides is 1. The van der Waals surface area contributed by atoms with Crippen LogP contribution < -0.4 is 10.5 Å². The van der Waals surface area contributed by atoms with E-state index in [1.54, 1.807) is 19.2 Å². The molecule has 1 amide bonds. The van der Waals surface area contributed by atoms with Crippen molar-refractivity contribution in [3.05, 3.63) is 29.8 Å². The van der Waals surface area contributed by atoms with Crippen molar-refractivity contribution in [3.63, 3.8) is 0 Å². The van der Waals surface area contributed by atoms with Crippen molar-refractivity contribution in [1.29, 1.82) is 0 Å². The number of aliphatic hydroxyl groups excluding tert-OH is 1. The topological polar surface area (TPSA) is 119 Å². The molecule has 134 valence electrons. The second kappa shape index (κ2) is 8.06. The van der Waals surface area contributed by atoms with Crippen molar-refractivity contribution < 1.29 is 23.1 Å². The van der Waals surface area contributed by atoms with Crippen molar-refractivity contribution >= 4 is 15.9 Å². The second-order valence-corrected chi connectivity index (χ2v) is 7.64. The lowest BCUT2D eigenvalue weighted by Crippen LogP contribution is -2.41. The van der Waals surface area contributed by atoms with Crippen LogP contribution in [-0.4, -0.2) is 45.3 Å². The zero-order valence-electron chi connectivity index (χ0n) is 13.6. The molecule has 24 heavy (non-hydrogen) atoms. The van der Waals surface area contributed by atoms with Gasteiger partial charge < -0.3 is 15.2 Å². The van der Waals surface area contributed by atoms with Crippen molar-refractivity contribution in [1.82, 2.24) is 5.32 Å². The largest absolute Gasteiger partial charge is 0.390 e. The van der Waals surface area contributed by atoms with E-state index in [9.17, 15) is 18.3 Å². The third kappa shape index (κ3) is 5.01. The third-order valence-corrected chi connectivity index (χ3v) is 5.32. The summed E-state index contributed by atoms with van der Waals surface area (Å²) >= 11 is 0. The Morgan fingerprint density at radius 3 is 2.58 bits per heavy atom. The minimum Gasteiger partial charge on any atom is -0.390 e. The third-order valence-electron chi connectivity index (χ3n) is 4.40. The lowest BCUT2D eigenvalue weighted by molar-refractivity contribution is -0.130. The smallest absolute Gasteiger partial charge is 0.238 e. The Kier molecular flexibility index (Phi) is 6.34. The lowest BCUT2D eigenvalue weighted by atomic mass is 9.84. The number of nitrogens with two attached hydrogens (primary N) is 1. The summed E-state index contributed by atoms with van der Waals surface area (Å²) in [6, 6.07) is 6.28. The van der Waals surface area contributed by atoms with Gasteiger partial charge in [0.25, 0.3) is 0 Å². The molecule has 1 aromatic carbocycles. The summed E-state index contributed by atoms with van der Waals surface area (Å²) in [7, 11) is -2.14. The molecule has 1 aromatic rings. The monoisotopic (exact) mass is 356 g/mol. The number of carbonyl (C=O) groups is 1. The quantitative estimate of drug-likeness (QED) is 0.671. The van der Waals surface area contributed by atoms with Crippen LogP contribution in [0.5, 0.6) is 0 Å². The Hall–Kier alpha value is -1.48. The standard InChI is InChI=1S/C16H24N2O5S/c1-23-15-10-12(4-7-14(15)19)16(20)18-9-8-11-2-5-13(6-3-11)24(17,21)22/h2-3,5-6,12,14-15,19H,4,7-10H2,1H3,(H,18,20)(H2,17,21,22)/t12-,14+,15-/m1/s1. The molecule has 1 fully saturated rings. The van der Waals surface area contributed by atoms with E-state index in [4.69, 9.17) is 9.88 Å². The molecular formula is C16H24N2O5S. The van der Waals surface area contributed by atoms with E-state index in [2.05, 4.69) is 5.32 Å². The summed E-state index contributed by atoms with van der Waals surface area (Å²) in [5.41, 5.74) is 0.913. The number of hydrogen-bond donors (Lipinski definition) is 3. The van der Waals surface area contributed by atoms with Gasteiger partial charge in [-0.2, -0.15) is 0 Å². The van der Waals surface area contributed by atoms with Crippen molar-refractivity contribution in [2.75, 3.05) is 13.7 Å². The van der Waals surface area contributed by atoms with Gasteiger partial charge in [0.05, 0.1) is 17.1 Å². The van der Waals surface area contributed by atoms with Gasteiger partial charge in [0.1, 0.15) is 0 Å². The van der Waals surface area contributed by atoms with Crippen LogP contribution in [0, 0.1) is 5.92 Å². The van der Waals surface area contributed by atoms with E-state index in [0.29, 0.717) is 32.2 Å². The lowest BCUT2D eigenvalue weighted by Gasteiger charge is -2.31. The van der Waals surface area contributed by atoms with Crippen molar-refractivity contribution in [2.24, 2.45) is 11.1 Å². The fourth-order valence-electron chi connectivity index (χ4n) is 2.92. The minimum atomic E-state index is -3.68. The number of ether oxygens (including phenoxy) is 1. The van der Waals surface area contributed by atoms with E-state index in [1.165, 1.54) is 12.1 Å². The molecule has 0 spiro atoms. The Balaban J connectivity index is 1.80. The van der Waals surface area contributed by atoms with Gasteiger partial charge in [0.2, 0.25) is 15.9 Å². The molecule has 1 aliphatic rings. The first kappa shape index (κ1) is 18.9. The van der Waals surface area contributed by atoms with Crippen LogP contribution in [0.25, 0.3) is 0 Å². The molecular weight excluding hydrogens is 332 g/mol. The summed E-state index contributed by atoms with van der Waals surface area (Å²) in [4.78, 5) is 12.3. The second-order valence-electron chi connectivity index (χ2n) is 6.08. The predicted octanol–water partition coefficient (Wildman–Crippen LogP) is 0.169. The van der Waals surface area contributed by atoms with Gasteiger partial charge in [-0.15, -0.1) is 0 Å². The predicted molar refractivity (Wildman–Crippen MR) is 88.7 cm³/mol. The maximum atomic E-state index is 12.2. The molecule has 0 bridgehead atoms. The van der Waals surface area contributed by atoms with E-state index in [-0.39, 0.29) is 22.8 Å². The van der Waals surface area contributed by atoms with Crippen molar-refractivity contribution in [2.45, 2.75) is 42.8 Å². The number of nitrogens with one attached hydrogen (secondary N) is 1. The average molecular weight is 356 g/mol. The van der Waals surface area contributed by atoms with Gasteiger partial charge >= 0.3 is 0 Å². The van der Waals surface area contributed by atoms with Crippen LogP contribution in [0.4, 0.5) is 0 Å². The molecule has 7 nitrogen and oxygen atoms in total. The summed E-state index contributed by atoms with van der Waals surface area (Å²) in [5, 5.41) is 17.7. The number of aliphatic hydroxyl groups is 1. The van der Waals surface area contributed by atoms with Crippen LogP contribution in [0.15, 0.2) is 29.2 Å². The van der Waals surface area contributed by atoms with Crippen LogP contribution in [0.1, 0.15) is 24.8 Å². The molecule has 0 radical (unpaired) electrons. The Morgan fingerprint density at radius 1 is 1.33 bits per heavy atom. The number of sulfonamides is 1. The molecule has 0 aromatic heterocycles. The van der Waals surface area contributed by atoms with E-state index < -0.39 is 16.1 Å². The summed E-state index contributed by atoms with van der Waals surface area (Å²) < 4.78 is 27.6. The molecule has 8 heteroatoms. The highest BCUT2D eigenvalue weighted by Crippen LogP contribution is 2.26. The van der Waals surface area contributed by atoms with E-state index in [1.807, 2.05) is 0 Å². The van der Waals surface area contributed by atoms with Crippen LogP contribution in [0.2, 0.25) is 0 Å². The fraction of sp³-hybridized carbons (Fsp3) is 0.562. The molecule has 0 aliphatic heterocycles. The van der Waals surface area contributed by atoms with E-state index >= 15 is 0 Å². The highest BCUT2D eigenvalue weighted by Gasteiger charge is 2.32. The summed E-state index contributed by atoms with van der Waals surface area (Å²) in [5.74, 6) is -0.187. The summed E-state index contributed by atoms with van der Waals surface area (Å²) in [6.07, 6.45) is 1.53. The molecule has 4 N–H and O–H groups in total. The number of carbonyl (C=O) groups excluding carboxylic acids is 1. The highest BCUT2D eigenvalue weighted by molar-refractivity contribution is 7.89. The molecule has 1 saturated carbocycles. The summed E-state index contributed by atoms with van der Waals surface area (Å²) in [6.45, 7) is 0.463.